The van der Waals surface area contributed by atoms with Crippen molar-refractivity contribution < 1.29 is 4.79 Å². The van der Waals surface area contributed by atoms with Gasteiger partial charge in [-0.1, -0.05) is 41.6 Å². The summed E-state index contributed by atoms with van der Waals surface area (Å²) in [6, 6.07) is 9.22. The topological polar surface area (TPSA) is 59.8 Å². The number of hydrogen-bond acceptors (Lipinski definition) is 5. The Balaban J connectivity index is 1.71. The number of rotatable bonds is 7. The molecule has 8 heteroatoms. The maximum Gasteiger partial charge on any atom is 0.234 e. The molecule has 0 aliphatic heterocycles. The van der Waals surface area contributed by atoms with E-state index in [4.69, 9.17) is 11.6 Å². The van der Waals surface area contributed by atoms with Gasteiger partial charge in [-0.05, 0) is 25.1 Å². The minimum Gasteiger partial charge on any atom is -0.324 e. The largest absolute Gasteiger partial charge is 0.324 e. The molecular weight excluding hydrogens is 388 g/mol. The van der Waals surface area contributed by atoms with Crippen LogP contribution in [0.15, 0.2) is 53.5 Å². The average molecular weight is 405 g/mol. The van der Waals surface area contributed by atoms with Crippen molar-refractivity contribution in [2.75, 3.05) is 11.1 Å². The number of nitrogens with one attached hydrogen (secondary N) is 1. The van der Waals surface area contributed by atoms with E-state index >= 15 is 0 Å². The molecule has 1 aromatic carbocycles. The van der Waals surface area contributed by atoms with Crippen LogP contribution in [0.4, 0.5) is 5.69 Å². The Morgan fingerprint density at radius 2 is 2.23 bits per heavy atom. The second kappa shape index (κ2) is 8.53. The number of aryl methyl sites for hydroxylation is 1. The first kappa shape index (κ1) is 18.7. The van der Waals surface area contributed by atoms with Crippen LogP contribution < -0.4 is 5.32 Å². The lowest BCUT2D eigenvalue weighted by Gasteiger charge is -2.08. The number of hydrogen-bond donors (Lipinski definition) is 1. The number of para-hydroxylation sites is 1. The molecule has 0 saturated carbocycles. The van der Waals surface area contributed by atoms with Crippen LogP contribution in [0, 0.1) is 6.92 Å². The standard InChI is InChI=1S/C18H17ClN4OS2/c1-3-8-23-17(13-9-12(2)25-10-13)21-22-18(23)26-11-16(24)20-15-7-5-4-6-14(15)19/h3-7,9-10H,1,8,11H2,2H3,(H,20,24). The summed E-state index contributed by atoms with van der Waals surface area (Å²) < 4.78 is 1.96. The Bertz CT molecular complexity index is 935. The summed E-state index contributed by atoms with van der Waals surface area (Å²) in [5.41, 5.74) is 1.62. The normalized spacial score (nSPS) is 10.7. The summed E-state index contributed by atoms with van der Waals surface area (Å²) in [5.74, 6) is 0.843. The van der Waals surface area contributed by atoms with Crippen molar-refractivity contribution in [2.24, 2.45) is 0 Å². The van der Waals surface area contributed by atoms with Crippen molar-refractivity contribution >= 4 is 46.3 Å². The molecule has 2 heterocycles. The molecule has 3 aromatic rings. The zero-order chi connectivity index (χ0) is 18.5. The third kappa shape index (κ3) is 4.35. The highest BCUT2D eigenvalue weighted by atomic mass is 35.5. The summed E-state index contributed by atoms with van der Waals surface area (Å²) in [4.78, 5) is 13.4. The molecule has 26 heavy (non-hydrogen) atoms. The quantitative estimate of drug-likeness (QED) is 0.450. The van der Waals surface area contributed by atoms with E-state index in [2.05, 4.69) is 40.5 Å². The highest BCUT2D eigenvalue weighted by Gasteiger charge is 2.16. The summed E-state index contributed by atoms with van der Waals surface area (Å²) >= 11 is 9.07. The number of aromatic nitrogens is 3. The third-order valence-electron chi connectivity index (χ3n) is 3.50. The fourth-order valence-electron chi connectivity index (χ4n) is 2.34. The molecule has 1 N–H and O–H groups in total. The van der Waals surface area contributed by atoms with Gasteiger partial charge in [0.05, 0.1) is 16.5 Å². The molecule has 1 amide bonds. The summed E-state index contributed by atoms with van der Waals surface area (Å²) in [6.07, 6.45) is 1.79. The van der Waals surface area contributed by atoms with Crippen LogP contribution in [0.3, 0.4) is 0 Å². The van der Waals surface area contributed by atoms with Crippen LogP contribution in [0.5, 0.6) is 0 Å². The van der Waals surface area contributed by atoms with E-state index in [0.717, 1.165) is 11.4 Å². The number of thiophene rings is 1. The third-order valence-corrected chi connectivity index (χ3v) is 5.66. The fraction of sp³-hybridized carbons (Fsp3) is 0.167. The lowest BCUT2D eigenvalue weighted by Crippen LogP contribution is -2.15. The van der Waals surface area contributed by atoms with Crippen LogP contribution in [0.1, 0.15) is 4.88 Å². The molecule has 0 fully saturated rings. The van der Waals surface area contributed by atoms with Crippen LogP contribution in [0.25, 0.3) is 11.4 Å². The van der Waals surface area contributed by atoms with Gasteiger partial charge in [0, 0.05) is 22.4 Å². The first-order valence-electron chi connectivity index (χ1n) is 7.85. The van der Waals surface area contributed by atoms with Crippen molar-refractivity contribution in [2.45, 2.75) is 18.6 Å². The number of halogens is 1. The molecule has 0 radical (unpaired) electrons. The Labute approximate surface area is 165 Å². The van der Waals surface area contributed by atoms with Crippen LogP contribution in [-0.4, -0.2) is 26.4 Å². The minimum absolute atomic E-state index is 0.149. The van der Waals surface area contributed by atoms with Crippen LogP contribution in [-0.2, 0) is 11.3 Å². The van der Waals surface area contributed by atoms with Gasteiger partial charge in [-0.25, -0.2) is 0 Å². The number of carbonyl (C=O) groups excluding carboxylic acids is 1. The molecule has 0 atom stereocenters. The Morgan fingerprint density at radius 3 is 2.92 bits per heavy atom. The van der Waals surface area contributed by atoms with Gasteiger partial charge in [0.25, 0.3) is 0 Å². The van der Waals surface area contributed by atoms with Gasteiger partial charge >= 0.3 is 0 Å². The summed E-state index contributed by atoms with van der Waals surface area (Å²) in [7, 11) is 0. The second-order valence-electron chi connectivity index (χ2n) is 5.47. The average Bonchev–Trinajstić information content (AvgIpc) is 3.22. The SMILES string of the molecule is C=CCn1c(SCC(=O)Nc2ccccc2Cl)nnc1-c1csc(C)c1. The van der Waals surface area contributed by atoms with E-state index in [1.54, 1.807) is 29.5 Å². The number of benzene rings is 1. The van der Waals surface area contributed by atoms with Gasteiger partial charge in [0.15, 0.2) is 11.0 Å². The van der Waals surface area contributed by atoms with Gasteiger partial charge < -0.3 is 5.32 Å². The van der Waals surface area contributed by atoms with E-state index in [1.165, 1.54) is 16.6 Å². The van der Waals surface area contributed by atoms with E-state index < -0.39 is 0 Å². The number of nitrogens with zero attached hydrogens (tertiary/aromatic N) is 3. The molecular formula is C18H17ClN4OS2. The molecule has 0 aliphatic rings. The number of allylic oxidation sites excluding steroid dienone is 1. The van der Waals surface area contributed by atoms with E-state index in [1.807, 2.05) is 16.7 Å². The number of amides is 1. The minimum atomic E-state index is -0.149. The van der Waals surface area contributed by atoms with Gasteiger partial charge in [-0.15, -0.1) is 28.1 Å². The lowest BCUT2D eigenvalue weighted by molar-refractivity contribution is -0.113. The zero-order valence-corrected chi connectivity index (χ0v) is 16.5. The predicted molar refractivity (Wildman–Crippen MR) is 109 cm³/mol. The predicted octanol–water partition coefficient (Wildman–Crippen LogP) is 4.89. The maximum absolute atomic E-state index is 12.2. The van der Waals surface area contributed by atoms with Gasteiger partial charge in [0.2, 0.25) is 5.91 Å². The Hall–Kier alpha value is -2.09. The number of carbonyl (C=O) groups is 1. The van der Waals surface area contributed by atoms with Crippen molar-refractivity contribution in [3.8, 4) is 11.4 Å². The van der Waals surface area contributed by atoms with Gasteiger partial charge in [-0.2, -0.15) is 0 Å². The monoisotopic (exact) mass is 404 g/mol. The van der Waals surface area contributed by atoms with Crippen molar-refractivity contribution in [3.05, 3.63) is 58.3 Å². The molecule has 2 aromatic heterocycles. The zero-order valence-electron chi connectivity index (χ0n) is 14.1. The lowest BCUT2D eigenvalue weighted by atomic mass is 10.3. The molecule has 0 unspecified atom stereocenters. The van der Waals surface area contributed by atoms with Crippen LogP contribution >= 0.6 is 34.7 Å². The second-order valence-corrected chi connectivity index (χ2v) is 7.93. The highest BCUT2D eigenvalue weighted by molar-refractivity contribution is 7.99. The number of thioether (sulfide) groups is 1. The molecule has 0 bridgehead atoms. The fourth-order valence-corrected chi connectivity index (χ4v) is 3.95. The van der Waals surface area contributed by atoms with E-state index in [0.29, 0.717) is 22.4 Å². The number of anilines is 1. The Kier molecular flexibility index (Phi) is 6.13. The van der Waals surface area contributed by atoms with Crippen molar-refractivity contribution in [1.29, 1.82) is 0 Å². The summed E-state index contributed by atoms with van der Waals surface area (Å²) in [6.45, 7) is 6.43. The molecule has 134 valence electrons. The Morgan fingerprint density at radius 1 is 1.42 bits per heavy atom. The smallest absolute Gasteiger partial charge is 0.234 e. The van der Waals surface area contributed by atoms with E-state index in [9.17, 15) is 4.79 Å². The van der Waals surface area contributed by atoms with Gasteiger partial charge in [0.1, 0.15) is 0 Å². The van der Waals surface area contributed by atoms with E-state index in [-0.39, 0.29) is 11.7 Å². The van der Waals surface area contributed by atoms with Crippen molar-refractivity contribution in [1.82, 2.24) is 14.8 Å². The van der Waals surface area contributed by atoms with Crippen LogP contribution in [0.2, 0.25) is 5.02 Å². The van der Waals surface area contributed by atoms with Crippen molar-refractivity contribution in [3.63, 3.8) is 0 Å². The first-order chi connectivity index (χ1) is 12.6. The molecule has 3 rings (SSSR count). The first-order valence-corrected chi connectivity index (χ1v) is 10.1. The molecule has 5 nitrogen and oxygen atoms in total. The molecule has 0 saturated heterocycles. The highest BCUT2D eigenvalue weighted by Crippen LogP contribution is 2.28. The summed E-state index contributed by atoms with van der Waals surface area (Å²) in [5, 5.41) is 14.6. The molecule has 0 spiro atoms. The van der Waals surface area contributed by atoms with Gasteiger partial charge in [-0.3, -0.25) is 9.36 Å². The molecule has 0 aliphatic carbocycles. The maximum atomic E-state index is 12.2.